The van der Waals surface area contributed by atoms with Crippen molar-refractivity contribution in [3.63, 3.8) is 0 Å². The lowest BCUT2D eigenvalue weighted by atomic mass is 10.00. The number of rotatable bonds is 40. The topological polar surface area (TPSA) is 24.7 Å². The van der Waals surface area contributed by atoms with E-state index < -0.39 is 0 Å². The van der Waals surface area contributed by atoms with Gasteiger partial charge in [-0.15, -0.1) is 0 Å². The summed E-state index contributed by atoms with van der Waals surface area (Å²) in [6.07, 6.45) is 51.7. The Morgan fingerprint density at radius 1 is 0.350 bits per heavy atom. The number of unbranched alkanes of at least 4 members (excludes halogenated alkanes) is 25. The summed E-state index contributed by atoms with van der Waals surface area (Å²) in [5.74, 6) is 0. The molecule has 2 aromatic rings. The lowest BCUT2D eigenvalue weighted by Crippen LogP contribution is -2.12. The average Bonchev–Trinajstić information content (AvgIpc) is 3.26. The zero-order chi connectivity index (χ0) is 43.1. The normalized spacial score (nSPS) is 12.4. The molecule has 0 aliphatic rings. The first-order chi connectivity index (χ1) is 29.6. The van der Waals surface area contributed by atoms with Gasteiger partial charge in [-0.1, -0.05) is 214 Å². The van der Waals surface area contributed by atoms with Crippen molar-refractivity contribution in [2.45, 2.75) is 273 Å². The molecule has 60 heavy (non-hydrogen) atoms. The number of nitrogens with zero attached hydrogens (tertiary/aromatic N) is 2. The second kappa shape index (κ2) is 38.2. The SMILES string of the molecule is CCCCCCCCCCCCCCCCCCCCC=CC(=Nc1cc(CCCC)cc(CCCC)c1)C(CCCCCC)=Nc1cc(CCCC)cc(CCCC)c1. The predicted octanol–water partition coefficient (Wildman–Crippen LogP) is 19.9. The van der Waals surface area contributed by atoms with Crippen LogP contribution in [0.2, 0.25) is 0 Å². The van der Waals surface area contributed by atoms with Crippen molar-refractivity contribution in [1.29, 1.82) is 0 Å². The molecule has 2 aromatic carbocycles. The Labute approximate surface area is 374 Å². The number of aryl methyl sites for hydroxylation is 4. The smallest absolute Gasteiger partial charge is 0.0848 e. The van der Waals surface area contributed by atoms with E-state index in [1.54, 1.807) is 0 Å². The second-order valence-corrected chi connectivity index (χ2v) is 18.5. The van der Waals surface area contributed by atoms with Crippen LogP contribution in [0.5, 0.6) is 0 Å². The Hall–Kier alpha value is -2.48. The molecule has 0 aromatic heterocycles. The summed E-state index contributed by atoms with van der Waals surface area (Å²) in [7, 11) is 0. The summed E-state index contributed by atoms with van der Waals surface area (Å²) in [6.45, 7) is 13.8. The number of hydrogen-bond acceptors (Lipinski definition) is 2. The van der Waals surface area contributed by atoms with Crippen LogP contribution in [0, 0.1) is 0 Å². The Balaban J connectivity index is 2.17. The third kappa shape index (κ3) is 27.5. The van der Waals surface area contributed by atoms with Crippen molar-refractivity contribution in [3.05, 3.63) is 70.8 Å². The van der Waals surface area contributed by atoms with Gasteiger partial charge in [0, 0.05) is 0 Å². The van der Waals surface area contributed by atoms with Crippen LogP contribution in [0.15, 0.2) is 58.5 Å². The van der Waals surface area contributed by atoms with Crippen LogP contribution in [-0.4, -0.2) is 11.4 Å². The summed E-state index contributed by atoms with van der Waals surface area (Å²) in [5.41, 5.74) is 10.3. The number of hydrogen-bond donors (Lipinski definition) is 0. The molecule has 0 heterocycles. The molecule has 2 nitrogen and oxygen atoms in total. The van der Waals surface area contributed by atoms with Crippen molar-refractivity contribution >= 4 is 22.8 Å². The highest BCUT2D eigenvalue weighted by Crippen LogP contribution is 2.26. The van der Waals surface area contributed by atoms with Crippen LogP contribution >= 0.6 is 0 Å². The van der Waals surface area contributed by atoms with Gasteiger partial charge >= 0.3 is 0 Å². The molecule has 0 unspecified atom stereocenters. The molecular weight excluding hydrogens is 725 g/mol. The van der Waals surface area contributed by atoms with E-state index in [-0.39, 0.29) is 0 Å². The van der Waals surface area contributed by atoms with Gasteiger partial charge in [0.05, 0.1) is 22.8 Å². The van der Waals surface area contributed by atoms with Crippen molar-refractivity contribution < 1.29 is 0 Å². The number of allylic oxidation sites excluding steroid dienone is 2. The molecule has 2 heteroatoms. The van der Waals surface area contributed by atoms with E-state index in [9.17, 15) is 0 Å². The van der Waals surface area contributed by atoms with Gasteiger partial charge in [0.1, 0.15) is 0 Å². The third-order valence-electron chi connectivity index (χ3n) is 12.4. The summed E-state index contributed by atoms with van der Waals surface area (Å²) < 4.78 is 0. The molecule has 0 fully saturated rings. The first-order valence-electron chi connectivity index (χ1n) is 26.6. The predicted molar refractivity (Wildman–Crippen MR) is 273 cm³/mol. The fourth-order valence-corrected chi connectivity index (χ4v) is 8.53. The molecule has 340 valence electrons. The van der Waals surface area contributed by atoms with Crippen molar-refractivity contribution in [2.75, 3.05) is 0 Å². The minimum absolute atomic E-state index is 0.976. The molecule has 0 amide bonds. The molecule has 0 saturated heterocycles. The van der Waals surface area contributed by atoms with Crippen LogP contribution in [0.25, 0.3) is 0 Å². The largest absolute Gasteiger partial charge is 0.251 e. The molecule has 0 aliphatic heterocycles. The Bertz CT molecular complexity index is 1340. The lowest BCUT2D eigenvalue weighted by Gasteiger charge is -2.12. The van der Waals surface area contributed by atoms with Gasteiger partial charge in [-0.3, -0.25) is 4.99 Å². The third-order valence-corrected chi connectivity index (χ3v) is 12.4. The monoisotopic (exact) mass is 823 g/mol. The minimum atomic E-state index is 0.976. The maximum atomic E-state index is 5.57. The summed E-state index contributed by atoms with van der Waals surface area (Å²) in [6, 6.07) is 14.4. The number of aliphatic imine (C=N–C) groups is 2. The molecule has 0 saturated carbocycles. The highest BCUT2D eigenvalue weighted by molar-refractivity contribution is 6.47. The van der Waals surface area contributed by atoms with E-state index in [1.165, 1.54) is 214 Å². The average molecular weight is 823 g/mol. The van der Waals surface area contributed by atoms with Gasteiger partial charge in [0.2, 0.25) is 0 Å². The molecule has 0 aliphatic carbocycles. The fraction of sp³-hybridized carbons (Fsp3) is 0.724. The zero-order valence-electron chi connectivity index (χ0n) is 41.0. The molecule has 0 bridgehead atoms. The molecule has 2 rings (SSSR count). The van der Waals surface area contributed by atoms with E-state index in [1.807, 2.05) is 0 Å². The standard InChI is InChI=1S/C58H98N2/c1-7-13-19-21-22-23-24-25-26-27-28-29-30-31-32-33-34-35-36-38-44-58(60-56-49-53(41-17-11-5)46-54(50-56)42-18-12-6)57(43-37-20-14-8-2)59-55-47-51(39-15-9-3)45-52(48-55)40-16-10-4/h38,44-50H,7-37,39-43H2,1-6H3. The molecule has 0 spiro atoms. The van der Waals surface area contributed by atoms with Crippen LogP contribution in [-0.2, 0) is 25.7 Å². The van der Waals surface area contributed by atoms with E-state index in [0.29, 0.717) is 0 Å². The van der Waals surface area contributed by atoms with Gasteiger partial charge in [-0.2, -0.15) is 0 Å². The van der Waals surface area contributed by atoms with Crippen LogP contribution in [0.4, 0.5) is 11.4 Å². The van der Waals surface area contributed by atoms with Gasteiger partial charge in [0.15, 0.2) is 0 Å². The first kappa shape index (κ1) is 53.7. The molecule has 0 atom stereocenters. The maximum Gasteiger partial charge on any atom is 0.0848 e. The van der Waals surface area contributed by atoms with E-state index >= 15 is 0 Å². The molecular formula is C58H98N2. The van der Waals surface area contributed by atoms with Crippen LogP contribution in [0.3, 0.4) is 0 Å². The van der Waals surface area contributed by atoms with Crippen molar-refractivity contribution in [1.82, 2.24) is 0 Å². The van der Waals surface area contributed by atoms with Gasteiger partial charge in [0.25, 0.3) is 0 Å². The van der Waals surface area contributed by atoms with Crippen LogP contribution < -0.4 is 0 Å². The number of benzene rings is 2. The molecule has 0 radical (unpaired) electrons. The fourth-order valence-electron chi connectivity index (χ4n) is 8.53. The van der Waals surface area contributed by atoms with E-state index in [0.717, 1.165) is 62.0 Å². The summed E-state index contributed by atoms with van der Waals surface area (Å²) in [5, 5.41) is 0. The second-order valence-electron chi connectivity index (χ2n) is 18.5. The highest BCUT2D eigenvalue weighted by atomic mass is 14.8. The Kier molecular flexibility index (Phi) is 34.2. The minimum Gasteiger partial charge on any atom is -0.251 e. The maximum absolute atomic E-state index is 5.57. The van der Waals surface area contributed by atoms with Gasteiger partial charge < -0.3 is 0 Å². The Morgan fingerprint density at radius 2 is 0.667 bits per heavy atom. The Morgan fingerprint density at radius 3 is 1.03 bits per heavy atom. The highest BCUT2D eigenvalue weighted by Gasteiger charge is 2.11. The van der Waals surface area contributed by atoms with E-state index in [4.69, 9.17) is 9.98 Å². The van der Waals surface area contributed by atoms with E-state index in [2.05, 4.69) is 90.1 Å². The van der Waals surface area contributed by atoms with Gasteiger partial charge in [-0.25, -0.2) is 4.99 Å². The molecule has 0 N–H and O–H groups in total. The summed E-state index contributed by atoms with van der Waals surface area (Å²) in [4.78, 5) is 11.1. The van der Waals surface area contributed by atoms with Crippen molar-refractivity contribution in [2.24, 2.45) is 9.98 Å². The van der Waals surface area contributed by atoms with Crippen LogP contribution in [0.1, 0.15) is 269 Å². The summed E-state index contributed by atoms with van der Waals surface area (Å²) >= 11 is 0. The van der Waals surface area contributed by atoms with Gasteiger partial charge in [-0.05, 0) is 130 Å². The lowest BCUT2D eigenvalue weighted by molar-refractivity contribution is 0.525. The first-order valence-corrected chi connectivity index (χ1v) is 26.6. The zero-order valence-corrected chi connectivity index (χ0v) is 41.0. The van der Waals surface area contributed by atoms with Crippen molar-refractivity contribution in [3.8, 4) is 0 Å². The quantitative estimate of drug-likeness (QED) is 0.0472.